The fourth-order valence-corrected chi connectivity index (χ4v) is 18.6. The molecule has 0 fully saturated rings. The van der Waals surface area contributed by atoms with E-state index in [1.807, 2.05) is 284 Å². The van der Waals surface area contributed by atoms with Gasteiger partial charge in [-0.1, -0.05) is 194 Å². The van der Waals surface area contributed by atoms with Crippen molar-refractivity contribution in [2.45, 2.75) is 117 Å². The lowest BCUT2D eigenvalue weighted by atomic mass is 10.0. The third-order valence-electron chi connectivity index (χ3n) is 26.8. The van der Waals surface area contributed by atoms with Crippen LogP contribution in [0.3, 0.4) is 0 Å². The van der Waals surface area contributed by atoms with Crippen LogP contribution in [0.15, 0.2) is 287 Å². The van der Waals surface area contributed by atoms with Gasteiger partial charge in [0.15, 0.2) is 0 Å². The Labute approximate surface area is 864 Å². The lowest BCUT2D eigenvalue weighted by molar-refractivity contribution is 0.191. The first-order chi connectivity index (χ1) is 73.6. The van der Waals surface area contributed by atoms with Crippen LogP contribution in [0.4, 0.5) is 28.8 Å². The summed E-state index contributed by atoms with van der Waals surface area (Å²) < 4.78 is 5.67. The van der Waals surface area contributed by atoms with Gasteiger partial charge in [0.25, 0.3) is 0 Å². The molecule has 0 saturated heterocycles. The number of aryl methyl sites for hydroxylation is 3. The SMILES string of the molecule is Cn1ccnc1CNC(=O)N1CCc2[nH]nc(-c3ccccc3)c2C1.Cn1cnc(CNC(=O)N2CCc3[nH]nc(-c4ccccc4)c3C2)c1.Cn1cncc1CNC(=O)N1CCc2[nH]nc(-c3ccccc3)c2C1.O=C(NCc1ccccn1)N1CCc2[nH]nc(-c3ccccc3)c2C1.O=C(NCc1cccnc1)N1CCc2[nH]nc(-c3ccccc3)c2C1.O=C(NCc1cnccn1)N1CCc2[nH]nc(-c3ccccc3)c2C1. The topological polar surface area (TPSA) is 471 Å². The second-order valence-corrected chi connectivity index (χ2v) is 36.7. The number of benzene rings is 6. The predicted molar refractivity (Wildman–Crippen MR) is 562 cm³/mol. The summed E-state index contributed by atoms with van der Waals surface area (Å²) in [4.78, 5) is 115. The fourth-order valence-electron chi connectivity index (χ4n) is 18.6. The lowest BCUT2D eigenvalue weighted by Crippen LogP contribution is -2.42. The smallest absolute Gasteiger partial charge is 0.318 e. The highest BCUT2D eigenvalue weighted by molar-refractivity contribution is 5.80. The van der Waals surface area contributed by atoms with E-state index in [0.717, 1.165) is 208 Å². The van der Waals surface area contributed by atoms with E-state index >= 15 is 0 Å². The minimum atomic E-state index is -0.100. The zero-order chi connectivity index (χ0) is 103. The van der Waals surface area contributed by atoms with Crippen LogP contribution in [0.5, 0.6) is 0 Å². The number of imidazole rings is 3. The number of urea groups is 6. The van der Waals surface area contributed by atoms with Crippen molar-refractivity contribution in [1.82, 2.24) is 171 Å². The molecule has 0 atom stereocenters. The number of nitrogens with zero attached hydrogens (tertiary/aromatic N) is 22. The zero-order valence-electron chi connectivity index (χ0n) is 83.4. The molecule has 12 aromatic heterocycles. The van der Waals surface area contributed by atoms with Gasteiger partial charge < -0.3 is 75.0 Å². The Morgan fingerprint density at radius 1 is 0.273 bits per heavy atom. The first kappa shape index (κ1) is 99.9. The van der Waals surface area contributed by atoms with Gasteiger partial charge in [-0.3, -0.25) is 50.5 Å². The van der Waals surface area contributed by atoms with E-state index in [1.165, 1.54) is 0 Å². The van der Waals surface area contributed by atoms with E-state index in [4.69, 9.17) is 0 Å². The van der Waals surface area contributed by atoms with Crippen LogP contribution < -0.4 is 31.9 Å². The zero-order valence-corrected chi connectivity index (χ0v) is 83.4. The van der Waals surface area contributed by atoms with Crippen molar-refractivity contribution < 1.29 is 28.8 Å². The predicted octanol–water partition coefficient (Wildman–Crippen LogP) is 13.8. The third-order valence-corrected chi connectivity index (χ3v) is 26.8. The molecule has 12 amide bonds. The molecule has 6 aliphatic heterocycles. The van der Waals surface area contributed by atoms with Crippen LogP contribution in [-0.2, 0) is 138 Å². The summed E-state index contributed by atoms with van der Waals surface area (Å²) in [6.45, 7) is 10.0. The Bertz CT molecular complexity index is 7020. The summed E-state index contributed by atoms with van der Waals surface area (Å²) in [6, 6.07) is 69.4. The number of amides is 12. The Balaban J connectivity index is 0.000000113. The molecule has 0 radical (unpaired) electrons. The van der Waals surface area contributed by atoms with Crippen molar-refractivity contribution in [3.8, 4) is 67.5 Å². The van der Waals surface area contributed by atoms with Gasteiger partial charge in [0, 0.05) is 262 Å². The quantitative estimate of drug-likeness (QED) is 0.0379. The normalized spacial score (nSPS) is 13.5. The van der Waals surface area contributed by atoms with E-state index in [9.17, 15) is 28.8 Å². The Kier molecular flexibility index (Phi) is 32.2. The highest BCUT2D eigenvalue weighted by Crippen LogP contribution is 2.36. The van der Waals surface area contributed by atoms with Crippen molar-refractivity contribution in [3.63, 3.8) is 0 Å². The van der Waals surface area contributed by atoms with E-state index in [1.54, 1.807) is 67.1 Å². The van der Waals surface area contributed by atoms with Crippen molar-refractivity contribution >= 4 is 36.2 Å². The van der Waals surface area contributed by atoms with Crippen LogP contribution in [0, 0.1) is 0 Å². The molecular formula is C110H116N34O6. The van der Waals surface area contributed by atoms with Gasteiger partial charge in [-0.15, -0.1) is 0 Å². The summed E-state index contributed by atoms with van der Waals surface area (Å²) in [5.74, 6) is 0.833. The van der Waals surface area contributed by atoms with Crippen LogP contribution in [0.1, 0.15) is 102 Å². The summed E-state index contributed by atoms with van der Waals surface area (Å²) in [6.07, 6.45) is 25.5. The highest BCUT2D eigenvalue weighted by Gasteiger charge is 2.34. The van der Waals surface area contributed by atoms with Crippen LogP contribution >= 0.6 is 0 Å². The van der Waals surface area contributed by atoms with Crippen molar-refractivity contribution in [2.24, 2.45) is 21.1 Å². The van der Waals surface area contributed by atoms with Crippen molar-refractivity contribution in [3.05, 3.63) is 389 Å². The Morgan fingerprint density at radius 3 is 0.900 bits per heavy atom. The fraction of sp³-hybridized carbons (Fsp3) is 0.245. The second kappa shape index (κ2) is 48.3. The van der Waals surface area contributed by atoms with Gasteiger partial charge >= 0.3 is 36.2 Å². The van der Waals surface area contributed by atoms with Crippen LogP contribution in [0.25, 0.3) is 67.5 Å². The number of pyridine rings is 2. The minimum absolute atomic E-state index is 0.0604. The number of aromatic nitrogens is 22. The molecule has 150 heavy (non-hydrogen) atoms. The summed E-state index contributed by atoms with van der Waals surface area (Å²) in [5, 5.41) is 63.2. The second-order valence-electron chi connectivity index (χ2n) is 36.7. The molecule has 6 aromatic carbocycles. The van der Waals surface area contributed by atoms with Gasteiger partial charge in [0.2, 0.25) is 0 Å². The van der Waals surface area contributed by atoms with Gasteiger partial charge in [-0.25, -0.2) is 43.7 Å². The van der Waals surface area contributed by atoms with Crippen molar-refractivity contribution in [2.75, 3.05) is 39.3 Å². The average molecular weight is 2010 g/mol. The molecule has 18 heterocycles. The monoisotopic (exact) mass is 2010 g/mol. The lowest BCUT2D eigenvalue weighted by Gasteiger charge is -2.27. The highest BCUT2D eigenvalue weighted by atomic mass is 16.2. The number of carbonyl (C=O) groups excluding carboxylic acids is 6. The van der Waals surface area contributed by atoms with E-state index < -0.39 is 0 Å². The Hall–Kier alpha value is -18.8. The molecule has 0 unspecified atom stereocenters. The van der Waals surface area contributed by atoms with Crippen LogP contribution in [-0.4, -0.2) is 215 Å². The standard InChI is InChI=1S/2C19H19N5O.3C18H20N6O.C18H18N6O/c25-19(21-12-14-5-4-9-20-11-14)24-10-8-17-16(13-24)18(23-22-17)15-6-2-1-3-7-15;25-19(21-12-15-8-4-5-10-20-15)24-11-9-17-16(13-24)18(23-22-17)14-6-2-1-3-7-14;1-23-10-8-19-16(23)11-20-18(25)24-9-7-15-14(12-24)17(22-21-15)13-5-3-2-4-6-13;1-23-10-14(20-12-23)9-19-18(25)24-8-7-16-15(11-24)17(22-21-16)13-5-3-2-4-6-13;1-23-12-19-9-14(23)10-20-18(25)24-8-7-16-15(11-24)17(22-21-16)13-5-3-2-4-6-13;25-18(21-11-14-10-19-7-8-20-14)24-9-6-16-15(12-24)17(23-22-16)13-4-2-1-3-5-13/h1-7,9,11H,8,10,12-13H2,(H,21,25)(H,22,23);1-8,10H,9,11-13H2,(H,21,25)(H,22,23);2-6,8,10H,7,9,11-12H2,1H3,(H,20,25)(H,21,22);2-6,10,12H,7-9,11H2,1H3,(H,19,25)(H,21,22);2-6,9,12H,7-8,10-11H2,1H3,(H,20,25)(H,21,22);1-5,7-8,10H,6,9,11-12H2,(H,21,25)(H,22,23). The molecule has 0 saturated carbocycles. The van der Waals surface area contributed by atoms with E-state index in [2.05, 4.69) is 128 Å². The first-order valence-corrected chi connectivity index (χ1v) is 49.9. The van der Waals surface area contributed by atoms with Gasteiger partial charge in [-0.05, 0) is 23.8 Å². The Morgan fingerprint density at radius 2 is 0.600 bits per heavy atom. The molecule has 40 heteroatoms. The minimum Gasteiger partial charge on any atom is -0.340 e. The maximum atomic E-state index is 12.5. The largest absolute Gasteiger partial charge is 0.340 e. The molecule has 0 bridgehead atoms. The number of rotatable bonds is 18. The number of hydrogen-bond donors (Lipinski definition) is 12. The molecule has 0 spiro atoms. The molecule has 0 aliphatic carbocycles. The van der Waals surface area contributed by atoms with E-state index in [-0.39, 0.29) is 36.2 Å². The van der Waals surface area contributed by atoms with Crippen LogP contribution in [0.2, 0.25) is 0 Å². The average Bonchev–Trinajstić information content (AvgIpc) is 1.67. The molecule has 40 nitrogen and oxygen atoms in total. The van der Waals surface area contributed by atoms with Gasteiger partial charge in [-0.2, -0.15) is 30.6 Å². The number of hydrogen-bond acceptors (Lipinski definition) is 19. The number of fused-ring (bicyclic) bond motifs is 6. The number of H-pyrrole nitrogens is 6. The van der Waals surface area contributed by atoms with Crippen molar-refractivity contribution in [1.29, 1.82) is 0 Å². The first-order valence-electron chi connectivity index (χ1n) is 49.9. The summed E-state index contributed by atoms with van der Waals surface area (Å²) >= 11 is 0. The van der Waals surface area contributed by atoms with Gasteiger partial charge in [0.1, 0.15) is 5.82 Å². The number of aromatic amines is 6. The summed E-state index contributed by atoms with van der Waals surface area (Å²) in [7, 11) is 5.74. The maximum absolute atomic E-state index is 12.5. The number of carbonyl (C=O) groups is 6. The maximum Gasteiger partial charge on any atom is 0.318 e. The third kappa shape index (κ3) is 24.9. The molecular weight excluding hydrogens is 1890 g/mol. The summed E-state index contributed by atoms with van der Waals surface area (Å²) in [5.41, 5.74) is 29.7. The van der Waals surface area contributed by atoms with E-state index in [0.29, 0.717) is 118 Å². The molecule has 12 N–H and O–H groups in total. The molecule has 6 aliphatic rings. The molecule has 762 valence electrons. The van der Waals surface area contributed by atoms with Gasteiger partial charge in [0.05, 0.1) is 148 Å². The number of nitrogens with one attached hydrogen (secondary N) is 12. The molecule has 24 rings (SSSR count). The molecule has 18 aromatic rings.